The van der Waals surface area contributed by atoms with Crippen molar-refractivity contribution in [3.63, 3.8) is 0 Å². The van der Waals surface area contributed by atoms with E-state index in [1.807, 2.05) is 0 Å². The molecule has 7 nitrogen and oxygen atoms in total. The van der Waals surface area contributed by atoms with Crippen molar-refractivity contribution in [1.82, 2.24) is 9.97 Å². The molecule has 0 fully saturated rings. The van der Waals surface area contributed by atoms with Gasteiger partial charge in [-0.25, -0.2) is 13.4 Å². The first-order valence-corrected chi connectivity index (χ1v) is 7.80. The fourth-order valence-electron chi connectivity index (χ4n) is 2.00. The van der Waals surface area contributed by atoms with Gasteiger partial charge in [0.05, 0.1) is 22.3 Å². The van der Waals surface area contributed by atoms with Crippen LogP contribution in [0.5, 0.6) is 0 Å². The van der Waals surface area contributed by atoms with Gasteiger partial charge in [-0.15, -0.1) is 0 Å². The predicted octanol–water partition coefficient (Wildman–Crippen LogP) is 1.46. The monoisotopic (exact) mass is 316 g/mol. The van der Waals surface area contributed by atoms with Gasteiger partial charge in [-0.1, -0.05) is 0 Å². The fraction of sp³-hybridized carbons (Fsp3) is 0. The smallest absolute Gasteiger partial charge is 0.261 e. The highest BCUT2D eigenvalue weighted by molar-refractivity contribution is 7.92. The summed E-state index contributed by atoms with van der Waals surface area (Å²) in [5.41, 5.74) is 7.10. The van der Waals surface area contributed by atoms with Crippen LogP contribution in [0.1, 0.15) is 10.4 Å². The van der Waals surface area contributed by atoms with Gasteiger partial charge in [0, 0.05) is 11.3 Å². The van der Waals surface area contributed by atoms with Gasteiger partial charge in [0.25, 0.3) is 10.0 Å². The summed E-state index contributed by atoms with van der Waals surface area (Å²) in [6, 6.07) is 10.5. The number of anilines is 1. The Labute approximate surface area is 126 Å². The average Bonchev–Trinajstić information content (AvgIpc) is 2.94. The third-order valence-corrected chi connectivity index (χ3v) is 4.50. The Balaban J connectivity index is 1.90. The molecular weight excluding hydrogens is 304 g/mol. The van der Waals surface area contributed by atoms with Crippen LogP contribution in [0.2, 0.25) is 0 Å². The van der Waals surface area contributed by atoms with Crippen molar-refractivity contribution in [3.8, 4) is 0 Å². The van der Waals surface area contributed by atoms with Gasteiger partial charge in [-0.05, 0) is 42.5 Å². The first-order chi connectivity index (χ1) is 10.5. The normalized spacial score (nSPS) is 11.5. The number of sulfonamides is 1. The maximum absolute atomic E-state index is 12.3. The quantitative estimate of drug-likeness (QED) is 0.675. The molecule has 8 heteroatoms. The minimum Gasteiger partial charge on any atom is -0.366 e. The van der Waals surface area contributed by atoms with Gasteiger partial charge < -0.3 is 10.7 Å². The molecule has 22 heavy (non-hydrogen) atoms. The third kappa shape index (κ3) is 2.63. The molecule has 4 N–H and O–H groups in total. The number of carbonyl (C=O) groups is 1. The number of amides is 1. The molecule has 0 radical (unpaired) electrons. The first-order valence-electron chi connectivity index (χ1n) is 6.31. The molecule has 0 bridgehead atoms. The zero-order valence-electron chi connectivity index (χ0n) is 11.3. The molecule has 1 heterocycles. The number of hydrogen-bond donors (Lipinski definition) is 3. The van der Waals surface area contributed by atoms with Crippen molar-refractivity contribution in [1.29, 1.82) is 0 Å². The molecule has 112 valence electrons. The summed E-state index contributed by atoms with van der Waals surface area (Å²) in [6.07, 6.45) is 1.50. The highest BCUT2D eigenvalue weighted by Crippen LogP contribution is 2.19. The van der Waals surface area contributed by atoms with Gasteiger partial charge in [-0.3, -0.25) is 9.52 Å². The first kappa shape index (κ1) is 14.1. The van der Waals surface area contributed by atoms with E-state index in [0.717, 1.165) is 0 Å². The lowest BCUT2D eigenvalue weighted by atomic mass is 10.2. The van der Waals surface area contributed by atoms with E-state index in [-0.39, 0.29) is 4.90 Å². The number of carbonyl (C=O) groups excluding carboxylic acids is 1. The molecule has 0 unspecified atom stereocenters. The van der Waals surface area contributed by atoms with Crippen LogP contribution in [0.4, 0.5) is 5.69 Å². The highest BCUT2D eigenvalue weighted by Gasteiger charge is 2.15. The highest BCUT2D eigenvalue weighted by atomic mass is 32.2. The molecule has 0 saturated heterocycles. The molecule has 0 aliphatic rings. The molecule has 0 aliphatic heterocycles. The van der Waals surface area contributed by atoms with Crippen LogP contribution in [0.15, 0.2) is 53.7 Å². The van der Waals surface area contributed by atoms with E-state index >= 15 is 0 Å². The maximum atomic E-state index is 12.3. The van der Waals surface area contributed by atoms with Crippen molar-refractivity contribution in [2.75, 3.05) is 4.72 Å². The van der Waals surface area contributed by atoms with Gasteiger partial charge in [0.1, 0.15) is 0 Å². The predicted molar refractivity (Wildman–Crippen MR) is 81.9 cm³/mol. The van der Waals surface area contributed by atoms with Crippen molar-refractivity contribution >= 4 is 32.7 Å². The van der Waals surface area contributed by atoms with Crippen molar-refractivity contribution in [3.05, 3.63) is 54.4 Å². The second kappa shape index (κ2) is 5.15. The lowest BCUT2D eigenvalue weighted by Gasteiger charge is -2.08. The number of benzene rings is 2. The van der Waals surface area contributed by atoms with E-state index in [1.165, 1.54) is 42.7 Å². The van der Waals surface area contributed by atoms with Crippen LogP contribution < -0.4 is 10.5 Å². The summed E-state index contributed by atoms with van der Waals surface area (Å²) >= 11 is 0. The summed E-state index contributed by atoms with van der Waals surface area (Å²) in [5, 5.41) is 0. The van der Waals surface area contributed by atoms with Gasteiger partial charge in [0.15, 0.2) is 0 Å². The molecule has 0 aliphatic carbocycles. The number of fused-ring (bicyclic) bond motifs is 1. The van der Waals surface area contributed by atoms with E-state index in [4.69, 9.17) is 5.73 Å². The molecule has 3 aromatic rings. The number of primary amides is 1. The van der Waals surface area contributed by atoms with Crippen LogP contribution in [0, 0.1) is 0 Å². The van der Waals surface area contributed by atoms with Crippen molar-refractivity contribution < 1.29 is 13.2 Å². The molecule has 2 aromatic carbocycles. The van der Waals surface area contributed by atoms with Crippen molar-refractivity contribution in [2.45, 2.75) is 4.90 Å². The molecule has 3 rings (SSSR count). The second-order valence-corrected chi connectivity index (χ2v) is 6.31. The lowest BCUT2D eigenvalue weighted by molar-refractivity contribution is 0.100. The van der Waals surface area contributed by atoms with E-state index in [9.17, 15) is 13.2 Å². The molecular formula is C14H12N4O3S. The van der Waals surface area contributed by atoms with Gasteiger partial charge in [-0.2, -0.15) is 0 Å². The molecule has 1 aromatic heterocycles. The Kier molecular flexibility index (Phi) is 3.30. The number of aromatic nitrogens is 2. The minimum absolute atomic E-state index is 0.114. The Bertz CT molecular complexity index is 946. The van der Waals surface area contributed by atoms with Gasteiger partial charge in [0.2, 0.25) is 5.91 Å². The number of aromatic amines is 1. The number of nitrogens with two attached hydrogens (primary N) is 1. The Morgan fingerprint density at radius 1 is 1.14 bits per heavy atom. The Morgan fingerprint density at radius 2 is 1.86 bits per heavy atom. The number of hydrogen-bond acceptors (Lipinski definition) is 4. The average molecular weight is 316 g/mol. The van der Waals surface area contributed by atoms with Crippen molar-refractivity contribution in [2.24, 2.45) is 5.73 Å². The van der Waals surface area contributed by atoms with Crippen LogP contribution in [0.25, 0.3) is 11.0 Å². The lowest BCUT2D eigenvalue weighted by Crippen LogP contribution is -2.14. The summed E-state index contributed by atoms with van der Waals surface area (Å²) in [5.74, 6) is -0.570. The molecule has 0 spiro atoms. The minimum atomic E-state index is -3.73. The molecule has 1 amide bonds. The molecule has 0 saturated carbocycles. The summed E-state index contributed by atoms with van der Waals surface area (Å²) < 4.78 is 27.1. The summed E-state index contributed by atoms with van der Waals surface area (Å²) in [7, 11) is -3.73. The zero-order chi connectivity index (χ0) is 15.7. The van der Waals surface area contributed by atoms with Crippen LogP contribution in [0.3, 0.4) is 0 Å². The fourth-order valence-corrected chi connectivity index (χ4v) is 3.08. The topological polar surface area (TPSA) is 118 Å². The van der Waals surface area contributed by atoms with Crippen LogP contribution >= 0.6 is 0 Å². The number of imidazole rings is 1. The van der Waals surface area contributed by atoms with E-state index in [2.05, 4.69) is 14.7 Å². The summed E-state index contributed by atoms with van der Waals surface area (Å²) in [4.78, 5) is 18.0. The number of nitrogens with zero attached hydrogens (tertiary/aromatic N) is 1. The summed E-state index contributed by atoms with van der Waals surface area (Å²) in [6.45, 7) is 0. The third-order valence-electron chi connectivity index (χ3n) is 3.12. The Hall–Kier alpha value is -2.87. The maximum Gasteiger partial charge on any atom is 0.261 e. The van der Waals surface area contributed by atoms with Crippen LogP contribution in [-0.4, -0.2) is 24.3 Å². The van der Waals surface area contributed by atoms with Crippen LogP contribution in [-0.2, 0) is 10.0 Å². The van der Waals surface area contributed by atoms with Gasteiger partial charge >= 0.3 is 0 Å². The van der Waals surface area contributed by atoms with E-state index in [1.54, 1.807) is 6.07 Å². The zero-order valence-corrected chi connectivity index (χ0v) is 12.1. The largest absolute Gasteiger partial charge is 0.366 e. The SMILES string of the molecule is NC(=O)c1ccc(NS(=O)(=O)c2ccc3nc[nH]c3c2)cc1. The second-order valence-electron chi connectivity index (χ2n) is 4.63. The Morgan fingerprint density at radius 3 is 2.55 bits per heavy atom. The van der Waals surface area contributed by atoms with E-state index in [0.29, 0.717) is 22.3 Å². The molecule has 0 atom stereocenters. The standard InChI is InChI=1S/C14H12N4O3S/c15-14(19)9-1-3-10(4-2-9)18-22(20,21)11-5-6-12-13(7-11)17-8-16-12/h1-8,18H,(H2,15,19)(H,16,17). The number of rotatable bonds is 4. The number of H-pyrrole nitrogens is 1. The van der Waals surface area contributed by atoms with E-state index < -0.39 is 15.9 Å². The number of nitrogens with one attached hydrogen (secondary N) is 2.